The molecule has 1 aliphatic heterocycles. The molecule has 2 N–H and O–H groups in total. The number of carbonyl (C=O) groups is 1. The number of nitrogens with one attached hydrogen (secondary N) is 1. The molecule has 35 heavy (non-hydrogen) atoms. The molecule has 12 nitrogen and oxygen atoms in total. The first-order valence-electron chi connectivity index (χ1n) is 10.9. The summed E-state index contributed by atoms with van der Waals surface area (Å²) in [5, 5.41) is 26.5. The largest absolute Gasteiger partial charge is 0.374 e. The van der Waals surface area contributed by atoms with Gasteiger partial charge in [0.25, 0.3) is 5.91 Å². The number of aliphatic hydroxyl groups is 1. The van der Waals surface area contributed by atoms with Crippen LogP contribution in [0.1, 0.15) is 12.1 Å². The number of fused-ring (bicyclic) bond motifs is 1. The molecule has 1 amide bonds. The predicted molar refractivity (Wildman–Crippen MR) is 125 cm³/mol. The van der Waals surface area contributed by atoms with Gasteiger partial charge in [-0.05, 0) is 30.3 Å². The van der Waals surface area contributed by atoms with E-state index in [0.29, 0.717) is 29.7 Å². The Hall–Kier alpha value is -4.71. The summed E-state index contributed by atoms with van der Waals surface area (Å²) >= 11 is 0. The summed E-state index contributed by atoms with van der Waals surface area (Å²) < 4.78 is 3.19. The maximum absolute atomic E-state index is 12.4. The maximum atomic E-state index is 12.4. The standard InChI is InChI=1S/C23H20N10O2/c1-31-12-9-23(35,21(31)34)19-14-33(30-29-19)20-7-4-5-15(26-20)16-8-10-24-22(27-16)28-17-13-25-32-11-3-2-6-18(17)32/h2-8,10-11,13-14,35H,9,12H2,1H3,(H,24,27,28). The number of aromatic nitrogens is 8. The number of anilines is 2. The Bertz CT molecular complexity index is 1560. The molecule has 0 spiro atoms. The number of rotatable bonds is 5. The van der Waals surface area contributed by atoms with Gasteiger partial charge in [-0.1, -0.05) is 17.3 Å². The van der Waals surface area contributed by atoms with Crippen molar-refractivity contribution < 1.29 is 9.90 Å². The van der Waals surface area contributed by atoms with Gasteiger partial charge in [0, 0.05) is 32.4 Å². The van der Waals surface area contributed by atoms with E-state index < -0.39 is 11.5 Å². The Morgan fingerprint density at radius 2 is 1.97 bits per heavy atom. The summed E-state index contributed by atoms with van der Waals surface area (Å²) in [6, 6.07) is 13.0. The van der Waals surface area contributed by atoms with E-state index in [2.05, 4.69) is 35.7 Å². The molecule has 1 unspecified atom stereocenters. The molecule has 0 saturated carbocycles. The summed E-state index contributed by atoms with van der Waals surface area (Å²) in [6.07, 6.45) is 7.02. The fourth-order valence-corrected chi connectivity index (χ4v) is 4.06. The number of nitrogens with zero attached hydrogens (tertiary/aromatic N) is 9. The van der Waals surface area contributed by atoms with Crippen molar-refractivity contribution in [2.45, 2.75) is 12.0 Å². The van der Waals surface area contributed by atoms with Crippen LogP contribution in [0.2, 0.25) is 0 Å². The molecule has 1 aliphatic rings. The van der Waals surface area contributed by atoms with E-state index in [1.807, 2.05) is 36.5 Å². The van der Waals surface area contributed by atoms with Gasteiger partial charge in [-0.25, -0.2) is 24.1 Å². The van der Waals surface area contributed by atoms with Gasteiger partial charge in [0.1, 0.15) is 5.69 Å². The third-order valence-corrected chi connectivity index (χ3v) is 5.99. The molecule has 0 aliphatic carbocycles. The summed E-state index contributed by atoms with van der Waals surface area (Å²) in [5.41, 5.74) is 1.41. The first-order valence-corrected chi connectivity index (χ1v) is 10.9. The molecule has 12 heteroatoms. The van der Waals surface area contributed by atoms with Gasteiger partial charge in [-0.2, -0.15) is 5.10 Å². The van der Waals surface area contributed by atoms with E-state index in [4.69, 9.17) is 0 Å². The zero-order valence-corrected chi connectivity index (χ0v) is 18.6. The molecular formula is C23H20N10O2. The van der Waals surface area contributed by atoms with Crippen LogP contribution in [-0.2, 0) is 10.4 Å². The molecular weight excluding hydrogens is 448 g/mol. The van der Waals surface area contributed by atoms with Crippen LogP contribution in [-0.4, -0.2) is 69.1 Å². The Morgan fingerprint density at radius 3 is 2.83 bits per heavy atom. The lowest BCUT2D eigenvalue weighted by atomic mass is 9.99. The lowest BCUT2D eigenvalue weighted by molar-refractivity contribution is -0.143. The second-order valence-corrected chi connectivity index (χ2v) is 8.25. The van der Waals surface area contributed by atoms with Crippen molar-refractivity contribution in [2.75, 3.05) is 18.9 Å². The van der Waals surface area contributed by atoms with Crippen LogP contribution in [0.3, 0.4) is 0 Å². The van der Waals surface area contributed by atoms with Gasteiger partial charge >= 0.3 is 0 Å². The molecule has 174 valence electrons. The van der Waals surface area contributed by atoms with Crippen molar-refractivity contribution in [3.05, 3.63) is 72.9 Å². The van der Waals surface area contributed by atoms with Crippen molar-refractivity contribution in [3.63, 3.8) is 0 Å². The number of amides is 1. The minimum Gasteiger partial charge on any atom is -0.374 e. The second kappa shape index (κ2) is 7.95. The quantitative estimate of drug-likeness (QED) is 0.393. The van der Waals surface area contributed by atoms with E-state index in [9.17, 15) is 9.90 Å². The molecule has 1 fully saturated rings. The second-order valence-electron chi connectivity index (χ2n) is 8.25. The molecule has 1 atom stereocenters. The number of likely N-dealkylation sites (tertiary alicyclic amines) is 1. The number of pyridine rings is 2. The van der Waals surface area contributed by atoms with Crippen LogP contribution in [0, 0.1) is 0 Å². The fourth-order valence-electron chi connectivity index (χ4n) is 4.06. The first kappa shape index (κ1) is 20.9. The normalized spacial score (nSPS) is 17.9. The number of carbonyl (C=O) groups excluding carboxylic acids is 1. The fraction of sp³-hybridized carbons (Fsp3) is 0.174. The Balaban J connectivity index is 1.28. The average molecular weight is 468 g/mol. The molecule has 6 rings (SSSR count). The summed E-state index contributed by atoms with van der Waals surface area (Å²) in [5.74, 6) is 0.487. The maximum Gasteiger partial charge on any atom is 0.260 e. The van der Waals surface area contributed by atoms with E-state index in [0.717, 1.165) is 11.2 Å². The van der Waals surface area contributed by atoms with E-state index in [-0.39, 0.29) is 12.1 Å². The Morgan fingerprint density at radius 1 is 1.09 bits per heavy atom. The van der Waals surface area contributed by atoms with Crippen LogP contribution >= 0.6 is 0 Å². The van der Waals surface area contributed by atoms with Crippen LogP contribution in [0.5, 0.6) is 0 Å². The van der Waals surface area contributed by atoms with Crippen molar-refractivity contribution >= 4 is 23.1 Å². The van der Waals surface area contributed by atoms with Crippen LogP contribution in [0.15, 0.2) is 67.3 Å². The van der Waals surface area contributed by atoms with E-state index in [1.54, 1.807) is 36.1 Å². The highest BCUT2D eigenvalue weighted by molar-refractivity contribution is 5.87. The molecule has 0 bridgehead atoms. The van der Waals surface area contributed by atoms with Crippen LogP contribution in [0.25, 0.3) is 22.7 Å². The SMILES string of the molecule is CN1CCC(O)(c2cn(-c3cccc(-c4ccnc(Nc5cnn6ccccc56)n4)n3)nn2)C1=O. The summed E-state index contributed by atoms with van der Waals surface area (Å²) in [6.45, 7) is 0.454. The van der Waals surface area contributed by atoms with Crippen molar-refractivity contribution in [1.29, 1.82) is 0 Å². The van der Waals surface area contributed by atoms with Gasteiger partial charge in [0.15, 0.2) is 11.4 Å². The summed E-state index contributed by atoms with van der Waals surface area (Å²) in [7, 11) is 1.65. The number of likely N-dealkylation sites (N-methyl/N-ethyl adjacent to an activating group) is 1. The highest BCUT2D eigenvalue weighted by Gasteiger charge is 2.47. The van der Waals surface area contributed by atoms with Gasteiger partial charge in [0.2, 0.25) is 5.95 Å². The Labute approximate surface area is 198 Å². The third-order valence-electron chi connectivity index (χ3n) is 5.99. The first-order chi connectivity index (χ1) is 17.0. The van der Waals surface area contributed by atoms with Gasteiger partial charge < -0.3 is 15.3 Å². The monoisotopic (exact) mass is 468 g/mol. The van der Waals surface area contributed by atoms with Crippen LogP contribution < -0.4 is 5.32 Å². The Kier molecular flexibility index (Phi) is 4.74. The van der Waals surface area contributed by atoms with Gasteiger partial charge in [-0.3, -0.25) is 4.79 Å². The number of hydrogen-bond donors (Lipinski definition) is 2. The van der Waals surface area contributed by atoms with Crippen molar-refractivity contribution in [2.24, 2.45) is 0 Å². The minimum atomic E-state index is -1.67. The van der Waals surface area contributed by atoms with Crippen LogP contribution in [0.4, 0.5) is 11.6 Å². The molecule has 0 aromatic carbocycles. The molecule has 0 radical (unpaired) electrons. The molecule has 5 aromatic rings. The molecule has 1 saturated heterocycles. The third kappa shape index (κ3) is 3.56. The minimum absolute atomic E-state index is 0.195. The van der Waals surface area contributed by atoms with Gasteiger partial charge in [0.05, 0.1) is 35.0 Å². The lowest BCUT2D eigenvalue weighted by Crippen LogP contribution is -2.36. The van der Waals surface area contributed by atoms with Crippen molar-refractivity contribution in [1.82, 2.24) is 44.5 Å². The average Bonchev–Trinajstić information content (AvgIpc) is 3.61. The number of hydrogen-bond acceptors (Lipinski definition) is 9. The summed E-state index contributed by atoms with van der Waals surface area (Å²) in [4.78, 5) is 27.4. The zero-order chi connectivity index (χ0) is 24.0. The van der Waals surface area contributed by atoms with E-state index in [1.165, 1.54) is 15.8 Å². The predicted octanol–water partition coefficient (Wildman–Crippen LogP) is 1.56. The lowest BCUT2D eigenvalue weighted by Gasteiger charge is -2.17. The highest BCUT2D eigenvalue weighted by atomic mass is 16.3. The van der Waals surface area contributed by atoms with Crippen molar-refractivity contribution in [3.8, 4) is 17.2 Å². The topological polar surface area (TPSA) is 139 Å². The van der Waals surface area contributed by atoms with E-state index >= 15 is 0 Å². The smallest absolute Gasteiger partial charge is 0.260 e. The molecule has 6 heterocycles. The van der Waals surface area contributed by atoms with Gasteiger partial charge in [-0.15, -0.1) is 5.10 Å². The highest BCUT2D eigenvalue weighted by Crippen LogP contribution is 2.31. The zero-order valence-electron chi connectivity index (χ0n) is 18.6. The molecule has 5 aromatic heterocycles.